The number of hydrogen-bond donors (Lipinski definition) is 0. The van der Waals surface area contributed by atoms with Crippen molar-refractivity contribution in [2.24, 2.45) is 5.41 Å². The lowest BCUT2D eigenvalue weighted by Gasteiger charge is -2.36. The molecule has 0 fully saturated rings. The first kappa shape index (κ1) is 7.15. The summed E-state index contributed by atoms with van der Waals surface area (Å²) >= 11 is 0. The molecule has 0 nitrogen and oxygen atoms in total. The average Bonchev–Trinajstić information content (AvgIpc) is 2.03. The smallest absolute Gasteiger partial charge is 0.00755 e. The van der Waals surface area contributed by atoms with Crippen molar-refractivity contribution in [1.29, 1.82) is 0 Å². The van der Waals surface area contributed by atoms with Gasteiger partial charge in [-0.3, -0.25) is 0 Å². The maximum Gasteiger partial charge on any atom is -0.00755 e. The molecule has 0 aliphatic heterocycles. The van der Waals surface area contributed by atoms with Crippen molar-refractivity contribution in [1.82, 2.24) is 0 Å². The normalized spacial score (nSPS) is 36.3. The van der Waals surface area contributed by atoms with Gasteiger partial charge in [-0.05, 0) is 43.1 Å². The van der Waals surface area contributed by atoms with Gasteiger partial charge < -0.3 is 0 Å². The summed E-state index contributed by atoms with van der Waals surface area (Å²) in [5.41, 5.74) is 2.16. The Labute approximate surface area is 69.0 Å². The fourth-order valence-electron chi connectivity index (χ4n) is 2.29. The van der Waals surface area contributed by atoms with Gasteiger partial charge in [-0.1, -0.05) is 25.2 Å². The highest BCUT2D eigenvalue weighted by Gasteiger charge is 2.30. The van der Waals surface area contributed by atoms with Crippen LogP contribution in [0.1, 0.15) is 39.0 Å². The van der Waals surface area contributed by atoms with E-state index in [1.165, 1.54) is 32.1 Å². The van der Waals surface area contributed by atoms with Crippen LogP contribution in [0.2, 0.25) is 0 Å². The predicted octanol–water partition coefficient (Wildman–Crippen LogP) is 3.45. The Kier molecular flexibility index (Phi) is 1.63. The second-order valence-electron chi connectivity index (χ2n) is 4.05. The van der Waals surface area contributed by atoms with Crippen LogP contribution < -0.4 is 0 Å². The van der Waals surface area contributed by atoms with Crippen molar-refractivity contribution in [3.63, 3.8) is 0 Å². The molecular weight excluding hydrogens is 132 g/mol. The first-order chi connectivity index (χ1) is 5.31. The summed E-state index contributed by atoms with van der Waals surface area (Å²) in [5, 5.41) is 0. The second-order valence-corrected chi connectivity index (χ2v) is 4.05. The molecule has 0 amide bonds. The number of hydrogen-bond acceptors (Lipinski definition) is 0. The summed E-state index contributed by atoms with van der Waals surface area (Å²) in [6.07, 6.45) is 13.8. The Morgan fingerprint density at radius 2 is 2.18 bits per heavy atom. The minimum absolute atomic E-state index is 0.549. The lowest BCUT2D eigenvalue weighted by atomic mass is 9.69. The highest BCUT2D eigenvalue weighted by molar-refractivity contribution is 5.30. The summed E-state index contributed by atoms with van der Waals surface area (Å²) in [4.78, 5) is 0. The zero-order chi connectivity index (χ0) is 7.73. The maximum atomic E-state index is 2.43. The Morgan fingerprint density at radius 3 is 3.00 bits per heavy atom. The molecule has 11 heavy (non-hydrogen) atoms. The van der Waals surface area contributed by atoms with E-state index in [1.54, 1.807) is 5.57 Å². The van der Waals surface area contributed by atoms with Gasteiger partial charge in [-0.15, -0.1) is 0 Å². The monoisotopic (exact) mass is 148 g/mol. The molecule has 0 N–H and O–H groups in total. The molecule has 0 aromatic heterocycles. The lowest BCUT2D eigenvalue weighted by Crippen LogP contribution is -2.22. The summed E-state index contributed by atoms with van der Waals surface area (Å²) < 4.78 is 0. The van der Waals surface area contributed by atoms with Crippen LogP contribution >= 0.6 is 0 Å². The van der Waals surface area contributed by atoms with Gasteiger partial charge in [0.05, 0.1) is 0 Å². The Bertz CT molecular complexity index is 210. The molecule has 0 radical (unpaired) electrons. The first-order valence-electron chi connectivity index (χ1n) is 4.68. The van der Waals surface area contributed by atoms with Gasteiger partial charge in [0.1, 0.15) is 0 Å². The van der Waals surface area contributed by atoms with Crippen LogP contribution in [0.25, 0.3) is 0 Å². The van der Waals surface area contributed by atoms with Crippen molar-refractivity contribution in [2.75, 3.05) is 0 Å². The van der Waals surface area contributed by atoms with Crippen molar-refractivity contribution in [2.45, 2.75) is 39.0 Å². The Balaban J connectivity index is 2.33. The van der Waals surface area contributed by atoms with E-state index in [0.29, 0.717) is 5.41 Å². The molecule has 2 aliphatic carbocycles. The second kappa shape index (κ2) is 2.51. The average molecular weight is 148 g/mol. The van der Waals surface area contributed by atoms with Gasteiger partial charge >= 0.3 is 0 Å². The third-order valence-corrected chi connectivity index (χ3v) is 3.15. The van der Waals surface area contributed by atoms with Crippen LogP contribution in [0.3, 0.4) is 0 Å². The van der Waals surface area contributed by atoms with E-state index >= 15 is 0 Å². The summed E-state index contributed by atoms with van der Waals surface area (Å²) in [5.74, 6) is 0. The summed E-state index contributed by atoms with van der Waals surface area (Å²) in [6, 6.07) is 0. The van der Waals surface area contributed by atoms with Crippen LogP contribution in [0.15, 0.2) is 23.8 Å². The van der Waals surface area contributed by atoms with Crippen LogP contribution in [0.4, 0.5) is 0 Å². The maximum absolute atomic E-state index is 2.43. The van der Waals surface area contributed by atoms with E-state index < -0.39 is 0 Å². The largest absolute Gasteiger partial charge is 0.0842 e. The quantitative estimate of drug-likeness (QED) is 0.493. The van der Waals surface area contributed by atoms with E-state index in [-0.39, 0.29) is 0 Å². The molecular formula is C11H16. The van der Waals surface area contributed by atoms with Gasteiger partial charge in [-0.25, -0.2) is 0 Å². The molecule has 0 spiro atoms. The fourth-order valence-corrected chi connectivity index (χ4v) is 2.29. The first-order valence-corrected chi connectivity index (χ1v) is 4.68. The summed E-state index contributed by atoms with van der Waals surface area (Å²) in [6.45, 7) is 2.42. The Hall–Kier alpha value is -0.520. The zero-order valence-electron chi connectivity index (χ0n) is 7.27. The zero-order valence-corrected chi connectivity index (χ0v) is 7.27. The predicted molar refractivity (Wildman–Crippen MR) is 48.4 cm³/mol. The molecule has 0 saturated carbocycles. The molecule has 0 aromatic rings. The van der Waals surface area contributed by atoms with Crippen molar-refractivity contribution in [3.05, 3.63) is 23.8 Å². The molecule has 1 atom stereocenters. The van der Waals surface area contributed by atoms with Crippen LogP contribution in [0.5, 0.6) is 0 Å². The van der Waals surface area contributed by atoms with E-state index in [1.807, 2.05) is 0 Å². The topological polar surface area (TPSA) is 0 Å². The molecule has 0 aromatic carbocycles. The van der Waals surface area contributed by atoms with E-state index in [2.05, 4.69) is 25.2 Å². The van der Waals surface area contributed by atoms with Crippen LogP contribution in [-0.2, 0) is 0 Å². The molecule has 0 saturated heterocycles. The van der Waals surface area contributed by atoms with E-state index in [9.17, 15) is 0 Å². The highest BCUT2D eigenvalue weighted by atomic mass is 14.3. The van der Waals surface area contributed by atoms with Gasteiger partial charge in [0.2, 0.25) is 0 Å². The minimum Gasteiger partial charge on any atom is -0.0842 e. The van der Waals surface area contributed by atoms with Crippen LogP contribution in [0, 0.1) is 5.41 Å². The fraction of sp³-hybridized carbons (Fsp3) is 0.636. The van der Waals surface area contributed by atoms with Gasteiger partial charge in [0, 0.05) is 0 Å². The molecule has 2 aliphatic rings. The van der Waals surface area contributed by atoms with Gasteiger partial charge in [0.25, 0.3) is 0 Å². The number of fused-ring (bicyclic) bond motifs is 1. The van der Waals surface area contributed by atoms with Gasteiger partial charge in [0.15, 0.2) is 0 Å². The molecule has 0 bridgehead atoms. The molecule has 0 heteroatoms. The molecule has 0 heterocycles. The summed E-state index contributed by atoms with van der Waals surface area (Å²) in [7, 11) is 0. The highest BCUT2D eigenvalue weighted by Crippen LogP contribution is 2.43. The molecule has 60 valence electrons. The van der Waals surface area contributed by atoms with E-state index in [4.69, 9.17) is 0 Å². The molecule has 1 unspecified atom stereocenters. The standard InChI is InChI=1S/C11H16/c1-11-8-4-2-6-10(11)7-3-5-9-11/h2,6-7H,3-5,8-9H2,1H3. The minimum atomic E-state index is 0.549. The van der Waals surface area contributed by atoms with E-state index in [0.717, 1.165) is 0 Å². The van der Waals surface area contributed by atoms with Gasteiger partial charge in [-0.2, -0.15) is 0 Å². The van der Waals surface area contributed by atoms with Crippen molar-refractivity contribution < 1.29 is 0 Å². The third kappa shape index (κ3) is 1.15. The number of rotatable bonds is 0. The molecule has 2 rings (SSSR count). The lowest BCUT2D eigenvalue weighted by molar-refractivity contribution is 0.315. The third-order valence-electron chi connectivity index (χ3n) is 3.15. The van der Waals surface area contributed by atoms with Crippen LogP contribution in [-0.4, -0.2) is 0 Å². The SMILES string of the molecule is CC12CCC=CC1=CCCC2. The van der Waals surface area contributed by atoms with Crippen molar-refractivity contribution >= 4 is 0 Å². The number of allylic oxidation sites excluding steroid dienone is 4. The van der Waals surface area contributed by atoms with Crippen molar-refractivity contribution in [3.8, 4) is 0 Å². The Morgan fingerprint density at radius 1 is 1.27 bits per heavy atom.